The molecular formula is C18H29N5. The lowest BCUT2D eigenvalue weighted by Gasteiger charge is -2.49. The summed E-state index contributed by atoms with van der Waals surface area (Å²) in [6, 6.07) is 3.74. The lowest BCUT2D eigenvalue weighted by Crippen LogP contribution is -2.63. The van der Waals surface area contributed by atoms with Crippen molar-refractivity contribution in [3.05, 3.63) is 24.0 Å². The highest BCUT2D eigenvalue weighted by atomic mass is 15.4. The molecule has 23 heavy (non-hydrogen) atoms. The summed E-state index contributed by atoms with van der Waals surface area (Å²) in [4.78, 5) is 8.02. The van der Waals surface area contributed by atoms with Gasteiger partial charge in [0.05, 0.1) is 6.20 Å². The summed E-state index contributed by atoms with van der Waals surface area (Å²) < 4.78 is 0. The Hall–Kier alpha value is -1.04. The summed E-state index contributed by atoms with van der Waals surface area (Å²) in [7, 11) is 0. The van der Waals surface area contributed by atoms with Crippen molar-refractivity contribution in [2.45, 2.75) is 50.7 Å². The summed E-state index contributed by atoms with van der Waals surface area (Å²) in [5.41, 5.74) is 1.28. The smallest absolute Gasteiger partial charge is 0.0541 e. The summed E-state index contributed by atoms with van der Waals surface area (Å²) in [6.45, 7) is 8.56. The summed E-state index contributed by atoms with van der Waals surface area (Å²) in [6.07, 6.45) is 10.9. The molecule has 0 atom stereocenters. The molecule has 3 heterocycles. The minimum Gasteiger partial charge on any atom is -0.298 e. The number of nitrogens with zero attached hydrogens (tertiary/aromatic N) is 5. The zero-order valence-electron chi connectivity index (χ0n) is 14.1. The highest BCUT2D eigenvalue weighted by molar-refractivity contribution is 5.06. The minimum atomic E-state index is 0.776. The Balaban J connectivity index is 1.19. The lowest BCUT2D eigenvalue weighted by molar-refractivity contribution is -0.0104. The van der Waals surface area contributed by atoms with Crippen molar-refractivity contribution in [1.29, 1.82) is 0 Å². The number of aromatic nitrogens is 2. The fraction of sp³-hybridized carbons (Fsp3) is 0.778. The summed E-state index contributed by atoms with van der Waals surface area (Å²) in [5, 5.41) is 7.81. The Labute approximate surface area is 139 Å². The van der Waals surface area contributed by atoms with Crippen molar-refractivity contribution in [1.82, 2.24) is 24.9 Å². The van der Waals surface area contributed by atoms with Gasteiger partial charge in [-0.15, -0.1) is 0 Å². The molecule has 0 aromatic carbocycles. The maximum atomic E-state index is 3.97. The quantitative estimate of drug-likeness (QED) is 0.843. The van der Waals surface area contributed by atoms with E-state index in [1.165, 1.54) is 76.9 Å². The Kier molecular flexibility index (Phi) is 4.88. The van der Waals surface area contributed by atoms with E-state index in [9.17, 15) is 0 Å². The highest BCUT2D eigenvalue weighted by Crippen LogP contribution is 2.25. The van der Waals surface area contributed by atoms with Gasteiger partial charge in [-0.05, 0) is 24.5 Å². The number of hydrogen-bond donors (Lipinski definition) is 0. The van der Waals surface area contributed by atoms with Gasteiger partial charge in [0.15, 0.2) is 0 Å². The Morgan fingerprint density at radius 3 is 2.22 bits per heavy atom. The molecule has 126 valence electrons. The molecule has 2 aliphatic heterocycles. The third kappa shape index (κ3) is 3.73. The summed E-state index contributed by atoms with van der Waals surface area (Å²) in [5.74, 6) is 0. The van der Waals surface area contributed by atoms with Crippen molar-refractivity contribution in [3.8, 4) is 0 Å². The highest BCUT2D eigenvalue weighted by Gasteiger charge is 2.34. The second-order valence-corrected chi connectivity index (χ2v) is 7.46. The van der Waals surface area contributed by atoms with E-state index in [1.807, 2.05) is 6.20 Å². The summed E-state index contributed by atoms with van der Waals surface area (Å²) >= 11 is 0. The van der Waals surface area contributed by atoms with Gasteiger partial charge in [-0.3, -0.25) is 14.7 Å². The fourth-order valence-corrected chi connectivity index (χ4v) is 4.49. The van der Waals surface area contributed by atoms with E-state index in [4.69, 9.17) is 0 Å². The molecule has 1 aliphatic carbocycles. The molecule has 3 aliphatic rings. The number of hydrogen-bond acceptors (Lipinski definition) is 5. The van der Waals surface area contributed by atoms with Crippen LogP contribution in [-0.2, 0) is 6.54 Å². The van der Waals surface area contributed by atoms with Crippen LogP contribution in [0.4, 0.5) is 0 Å². The normalized spacial score (nSPS) is 26.3. The maximum absolute atomic E-state index is 3.97. The van der Waals surface area contributed by atoms with E-state index >= 15 is 0 Å². The predicted molar refractivity (Wildman–Crippen MR) is 91.1 cm³/mol. The molecule has 0 amide bonds. The van der Waals surface area contributed by atoms with Crippen molar-refractivity contribution in [2.24, 2.45) is 0 Å². The second kappa shape index (κ2) is 7.24. The topological polar surface area (TPSA) is 35.5 Å². The Morgan fingerprint density at radius 2 is 1.57 bits per heavy atom. The van der Waals surface area contributed by atoms with Crippen molar-refractivity contribution in [2.75, 3.05) is 39.3 Å². The molecule has 4 rings (SSSR count). The molecule has 3 fully saturated rings. The van der Waals surface area contributed by atoms with Gasteiger partial charge in [-0.25, -0.2) is 0 Å². The molecule has 0 N–H and O–H groups in total. The van der Waals surface area contributed by atoms with Crippen LogP contribution in [0.1, 0.15) is 37.7 Å². The first kappa shape index (κ1) is 15.5. The molecule has 0 radical (unpaired) electrons. The zero-order chi connectivity index (χ0) is 15.5. The third-order valence-electron chi connectivity index (χ3n) is 5.95. The van der Waals surface area contributed by atoms with Gasteiger partial charge in [0.25, 0.3) is 0 Å². The van der Waals surface area contributed by atoms with Crippen LogP contribution in [0.25, 0.3) is 0 Å². The average molecular weight is 315 g/mol. The van der Waals surface area contributed by atoms with E-state index < -0.39 is 0 Å². The third-order valence-corrected chi connectivity index (χ3v) is 5.95. The van der Waals surface area contributed by atoms with Crippen LogP contribution in [0.5, 0.6) is 0 Å². The zero-order valence-corrected chi connectivity index (χ0v) is 14.1. The Bertz CT molecular complexity index is 473. The molecule has 5 nitrogen and oxygen atoms in total. The second-order valence-electron chi connectivity index (χ2n) is 7.46. The number of likely N-dealkylation sites (tertiary alicyclic amines) is 1. The molecule has 5 heteroatoms. The van der Waals surface area contributed by atoms with Crippen LogP contribution in [0.3, 0.4) is 0 Å². The fourth-order valence-electron chi connectivity index (χ4n) is 4.49. The standard InChI is InChI=1S/C18H29N5/c1-2-4-17(5-3-1)22-8-10-23(11-9-22)18-14-21(15-18)13-16-6-7-19-20-12-16/h6-7,12,17-18H,1-5,8-11,13-15H2. The van der Waals surface area contributed by atoms with Gasteiger partial charge in [0.1, 0.15) is 0 Å². The van der Waals surface area contributed by atoms with Gasteiger partial charge >= 0.3 is 0 Å². The van der Waals surface area contributed by atoms with E-state index in [0.29, 0.717) is 0 Å². The molecule has 0 bridgehead atoms. The van der Waals surface area contributed by atoms with Crippen molar-refractivity contribution in [3.63, 3.8) is 0 Å². The largest absolute Gasteiger partial charge is 0.298 e. The number of rotatable bonds is 4. The van der Waals surface area contributed by atoms with Crippen LogP contribution < -0.4 is 0 Å². The predicted octanol–water partition coefficient (Wildman–Crippen LogP) is 1.61. The first-order valence-electron chi connectivity index (χ1n) is 9.34. The van der Waals surface area contributed by atoms with Gasteiger partial charge in [-0.2, -0.15) is 10.2 Å². The first-order valence-corrected chi connectivity index (χ1v) is 9.34. The van der Waals surface area contributed by atoms with Gasteiger partial charge in [0, 0.05) is 64.1 Å². The van der Waals surface area contributed by atoms with Crippen LogP contribution in [-0.4, -0.2) is 76.2 Å². The van der Waals surface area contributed by atoms with Crippen LogP contribution in [0, 0.1) is 0 Å². The lowest BCUT2D eigenvalue weighted by atomic mass is 9.93. The van der Waals surface area contributed by atoms with E-state index in [1.54, 1.807) is 6.20 Å². The van der Waals surface area contributed by atoms with Crippen molar-refractivity contribution >= 4 is 0 Å². The SMILES string of the molecule is c1cc(CN2CC(N3CCN(C4CCCCC4)CC3)C2)cnn1. The molecule has 1 saturated carbocycles. The molecule has 2 saturated heterocycles. The van der Waals surface area contributed by atoms with E-state index in [-0.39, 0.29) is 0 Å². The maximum Gasteiger partial charge on any atom is 0.0541 e. The molecule has 1 aromatic heterocycles. The molecular weight excluding hydrogens is 286 g/mol. The van der Waals surface area contributed by atoms with Crippen LogP contribution >= 0.6 is 0 Å². The monoisotopic (exact) mass is 315 g/mol. The minimum absolute atomic E-state index is 0.776. The van der Waals surface area contributed by atoms with Gasteiger partial charge in [0.2, 0.25) is 0 Å². The Morgan fingerprint density at radius 1 is 0.870 bits per heavy atom. The first-order chi connectivity index (χ1) is 11.4. The van der Waals surface area contributed by atoms with Crippen molar-refractivity contribution < 1.29 is 0 Å². The van der Waals surface area contributed by atoms with Crippen LogP contribution in [0.15, 0.2) is 18.5 Å². The van der Waals surface area contributed by atoms with Gasteiger partial charge < -0.3 is 0 Å². The number of piperazine rings is 1. The van der Waals surface area contributed by atoms with Crippen LogP contribution in [0.2, 0.25) is 0 Å². The molecule has 1 aromatic rings. The molecule has 0 unspecified atom stereocenters. The van der Waals surface area contributed by atoms with Gasteiger partial charge in [-0.1, -0.05) is 19.3 Å². The van der Waals surface area contributed by atoms with E-state index in [0.717, 1.165) is 18.6 Å². The molecule has 0 spiro atoms. The van der Waals surface area contributed by atoms with E-state index in [2.05, 4.69) is 31.0 Å². The average Bonchev–Trinajstić information content (AvgIpc) is 2.60.